The number of thiazole rings is 1. The highest BCUT2D eigenvalue weighted by molar-refractivity contribution is 7.99. The Labute approximate surface area is 155 Å². The van der Waals surface area contributed by atoms with Crippen molar-refractivity contribution >= 4 is 29.0 Å². The van der Waals surface area contributed by atoms with Crippen LogP contribution in [-0.4, -0.2) is 49.4 Å². The number of aromatic nitrogens is 1. The number of carbonyl (C=O) groups excluding carboxylic acids is 1. The Hall–Kier alpha value is -1.93. The van der Waals surface area contributed by atoms with Gasteiger partial charge in [0.1, 0.15) is 16.0 Å². The van der Waals surface area contributed by atoms with Gasteiger partial charge in [-0.3, -0.25) is 4.79 Å². The topological polar surface area (TPSA) is 60.9 Å². The largest absolute Gasteiger partial charge is 0.496 e. The molecule has 1 aromatic carbocycles. The molecule has 1 saturated heterocycles. The van der Waals surface area contributed by atoms with Crippen molar-refractivity contribution in [2.45, 2.75) is 12.3 Å². The third kappa shape index (κ3) is 3.28. The van der Waals surface area contributed by atoms with E-state index in [1.165, 1.54) is 11.3 Å². The van der Waals surface area contributed by atoms with Gasteiger partial charge in [0, 0.05) is 23.9 Å². The van der Waals surface area contributed by atoms with Crippen molar-refractivity contribution in [2.75, 3.05) is 33.6 Å². The first kappa shape index (κ1) is 17.9. The summed E-state index contributed by atoms with van der Waals surface area (Å²) in [7, 11) is 4.80. The minimum absolute atomic E-state index is 0.00633. The monoisotopic (exact) mass is 380 g/mol. The first-order valence-electron chi connectivity index (χ1n) is 7.73. The highest BCUT2D eigenvalue weighted by Crippen LogP contribution is 2.46. The molecule has 25 heavy (non-hydrogen) atoms. The summed E-state index contributed by atoms with van der Waals surface area (Å²) in [5.74, 6) is 2.77. The number of rotatable bonds is 5. The zero-order valence-corrected chi connectivity index (χ0v) is 16.2. The zero-order valence-electron chi connectivity index (χ0n) is 14.6. The average Bonchev–Trinajstić information content (AvgIpc) is 3.28. The Morgan fingerprint density at radius 1 is 1.16 bits per heavy atom. The van der Waals surface area contributed by atoms with Crippen LogP contribution >= 0.6 is 23.1 Å². The van der Waals surface area contributed by atoms with Crippen LogP contribution in [0.5, 0.6) is 17.2 Å². The maximum atomic E-state index is 13.0. The predicted molar refractivity (Wildman–Crippen MR) is 99.2 cm³/mol. The van der Waals surface area contributed by atoms with Crippen molar-refractivity contribution in [1.82, 2.24) is 9.88 Å². The third-order valence-corrected chi connectivity index (χ3v) is 6.25. The Kier molecular flexibility index (Phi) is 5.39. The maximum absolute atomic E-state index is 13.0. The number of methoxy groups -OCH3 is 3. The van der Waals surface area contributed by atoms with Gasteiger partial charge in [-0.25, -0.2) is 4.98 Å². The summed E-state index contributed by atoms with van der Waals surface area (Å²) in [4.78, 5) is 19.7. The number of amides is 1. The van der Waals surface area contributed by atoms with Crippen molar-refractivity contribution < 1.29 is 19.0 Å². The van der Waals surface area contributed by atoms with Crippen LogP contribution in [0.25, 0.3) is 0 Å². The van der Waals surface area contributed by atoms with Gasteiger partial charge < -0.3 is 19.1 Å². The van der Waals surface area contributed by atoms with Crippen LogP contribution in [0, 0.1) is 6.92 Å². The Bertz CT molecular complexity index is 778. The summed E-state index contributed by atoms with van der Waals surface area (Å²) in [6, 6.07) is 3.69. The molecule has 2 aromatic rings. The summed E-state index contributed by atoms with van der Waals surface area (Å²) in [6.45, 7) is 2.54. The first-order chi connectivity index (χ1) is 12.1. The van der Waals surface area contributed by atoms with Gasteiger partial charge in [-0.1, -0.05) is 0 Å². The molecule has 0 aliphatic carbocycles. The molecule has 6 nitrogen and oxygen atoms in total. The fourth-order valence-electron chi connectivity index (χ4n) is 2.82. The predicted octanol–water partition coefficient (Wildman–Crippen LogP) is 3.37. The summed E-state index contributed by atoms with van der Waals surface area (Å²) < 4.78 is 16.3. The molecule has 1 fully saturated rings. The van der Waals surface area contributed by atoms with Crippen molar-refractivity contribution in [1.29, 1.82) is 0 Å². The first-order valence-corrected chi connectivity index (χ1v) is 9.66. The van der Waals surface area contributed by atoms with Gasteiger partial charge in [-0.15, -0.1) is 23.1 Å². The molecule has 0 radical (unpaired) electrons. The van der Waals surface area contributed by atoms with Gasteiger partial charge in [0.15, 0.2) is 11.5 Å². The molecule has 1 atom stereocenters. The number of benzene rings is 1. The van der Waals surface area contributed by atoms with E-state index in [1.54, 1.807) is 44.7 Å². The van der Waals surface area contributed by atoms with Crippen LogP contribution in [0.2, 0.25) is 0 Å². The smallest absolute Gasteiger partial charge is 0.267 e. The van der Waals surface area contributed by atoms with Crippen LogP contribution in [-0.2, 0) is 0 Å². The van der Waals surface area contributed by atoms with E-state index in [-0.39, 0.29) is 11.3 Å². The third-order valence-electron chi connectivity index (χ3n) is 4.09. The Morgan fingerprint density at radius 3 is 2.44 bits per heavy atom. The quantitative estimate of drug-likeness (QED) is 0.793. The van der Waals surface area contributed by atoms with E-state index < -0.39 is 0 Å². The second-order valence-electron chi connectivity index (χ2n) is 5.44. The van der Waals surface area contributed by atoms with Crippen LogP contribution in [0.1, 0.15) is 26.3 Å². The van der Waals surface area contributed by atoms with E-state index in [2.05, 4.69) is 4.98 Å². The van der Waals surface area contributed by atoms with Crippen LogP contribution in [0.15, 0.2) is 17.6 Å². The summed E-state index contributed by atoms with van der Waals surface area (Å²) in [5, 5.41) is -0.135. The van der Waals surface area contributed by atoms with E-state index in [4.69, 9.17) is 14.2 Å². The Morgan fingerprint density at radius 2 is 1.84 bits per heavy atom. The molecule has 2 heterocycles. The molecule has 1 aliphatic heterocycles. The molecular weight excluding hydrogens is 360 g/mol. The Balaban J connectivity index is 2.00. The number of thioether (sulfide) groups is 1. The molecule has 1 unspecified atom stereocenters. The van der Waals surface area contributed by atoms with Crippen molar-refractivity contribution in [3.63, 3.8) is 0 Å². The van der Waals surface area contributed by atoms with E-state index in [9.17, 15) is 4.79 Å². The molecular formula is C17H20N2O4S2. The summed E-state index contributed by atoms with van der Waals surface area (Å²) >= 11 is 3.09. The summed E-state index contributed by atoms with van der Waals surface area (Å²) in [5.41, 5.74) is 3.38. The second-order valence-corrected chi connectivity index (χ2v) is 7.48. The lowest BCUT2D eigenvalue weighted by Crippen LogP contribution is -2.30. The SMILES string of the molecule is COc1cc(OC)c(C2SCCN2C(=O)c2scnc2C)cc1OC. The number of nitrogens with zero attached hydrogens (tertiary/aromatic N) is 2. The lowest BCUT2D eigenvalue weighted by atomic mass is 10.1. The fourth-order valence-corrected chi connectivity index (χ4v) is 4.85. The van der Waals surface area contributed by atoms with Gasteiger partial charge in [0.25, 0.3) is 5.91 Å². The van der Waals surface area contributed by atoms with Gasteiger partial charge >= 0.3 is 0 Å². The number of hydrogen-bond acceptors (Lipinski definition) is 7. The second kappa shape index (κ2) is 7.53. The molecule has 1 aliphatic rings. The zero-order chi connectivity index (χ0) is 18.0. The van der Waals surface area contributed by atoms with Gasteiger partial charge in [-0.2, -0.15) is 0 Å². The normalized spacial score (nSPS) is 16.8. The van der Waals surface area contributed by atoms with Gasteiger partial charge in [-0.05, 0) is 13.0 Å². The molecule has 0 spiro atoms. The number of hydrogen-bond donors (Lipinski definition) is 0. The lowest BCUT2D eigenvalue weighted by Gasteiger charge is -2.26. The summed E-state index contributed by atoms with van der Waals surface area (Å²) in [6.07, 6.45) is 0. The molecule has 0 bridgehead atoms. The van der Waals surface area contributed by atoms with Gasteiger partial charge in [0.05, 0.1) is 32.5 Å². The number of ether oxygens (including phenoxy) is 3. The maximum Gasteiger partial charge on any atom is 0.267 e. The lowest BCUT2D eigenvalue weighted by molar-refractivity contribution is 0.0763. The van der Waals surface area contributed by atoms with Crippen LogP contribution in [0.4, 0.5) is 0 Å². The molecule has 8 heteroatoms. The van der Waals surface area contributed by atoms with Crippen LogP contribution < -0.4 is 14.2 Å². The molecule has 0 N–H and O–H groups in total. The molecule has 1 amide bonds. The molecule has 3 rings (SSSR count). The molecule has 0 saturated carbocycles. The fraction of sp³-hybridized carbons (Fsp3) is 0.412. The minimum Gasteiger partial charge on any atom is -0.496 e. The number of carbonyl (C=O) groups is 1. The standard InChI is InChI=1S/C17H20N2O4S2/c1-10-15(25-9-18-10)16(20)19-5-6-24-17(19)11-7-13(22-3)14(23-4)8-12(11)21-2/h7-9,17H,5-6H2,1-4H3. The molecule has 134 valence electrons. The minimum atomic E-state index is -0.135. The highest BCUT2D eigenvalue weighted by Gasteiger charge is 2.35. The van der Waals surface area contributed by atoms with Crippen LogP contribution in [0.3, 0.4) is 0 Å². The molecule has 1 aromatic heterocycles. The van der Waals surface area contributed by atoms with Crippen molar-refractivity contribution in [2.24, 2.45) is 0 Å². The van der Waals surface area contributed by atoms with Gasteiger partial charge in [0.2, 0.25) is 0 Å². The highest BCUT2D eigenvalue weighted by atomic mass is 32.2. The van der Waals surface area contributed by atoms with Crippen molar-refractivity contribution in [3.8, 4) is 17.2 Å². The van der Waals surface area contributed by atoms with E-state index in [1.807, 2.05) is 17.9 Å². The van der Waals surface area contributed by atoms with E-state index >= 15 is 0 Å². The van der Waals surface area contributed by atoms with Crippen molar-refractivity contribution in [3.05, 3.63) is 33.8 Å². The van der Waals surface area contributed by atoms with E-state index in [0.717, 1.165) is 17.0 Å². The number of aryl methyl sites for hydroxylation is 1. The van der Waals surface area contributed by atoms with E-state index in [0.29, 0.717) is 28.7 Å². The average molecular weight is 380 g/mol.